The lowest BCUT2D eigenvalue weighted by Crippen LogP contribution is -2.45. The van der Waals surface area contributed by atoms with Crippen LogP contribution in [-0.4, -0.2) is 61.6 Å². The molecule has 1 rings (SSSR count). The quantitative estimate of drug-likeness (QED) is 0.424. The van der Waals surface area contributed by atoms with Gasteiger partial charge in [-0.2, -0.15) is 0 Å². The van der Waals surface area contributed by atoms with Crippen molar-refractivity contribution in [1.82, 2.24) is 15.1 Å². The summed E-state index contributed by atoms with van der Waals surface area (Å²) in [5.41, 5.74) is 0. The molecule has 1 N–H and O–H groups in total. The predicted molar refractivity (Wildman–Crippen MR) is 93.0 cm³/mol. The third-order valence-electron chi connectivity index (χ3n) is 4.46. The summed E-state index contributed by atoms with van der Waals surface area (Å²) in [6.07, 6.45) is 5.04. The Balaban J connectivity index is 2.31. The molecule has 0 aliphatic carbocycles. The summed E-state index contributed by atoms with van der Waals surface area (Å²) < 4.78 is 0. The Morgan fingerprint density at radius 1 is 1.14 bits per heavy atom. The van der Waals surface area contributed by atoms with E-state index in [1.807, 2.05) is 0 Å². The first-order valence-corrected chi connectivity index (χ1v) is 8.96. The number of hydrogen-bond acceptors (Lipinski definition) is 2. The van der Waals surface area contributed by atoms with Crippen LogP contribution >= 0.6 is 0 Å². The van der Waals surface area contributed by atoms with E-state index >= 15 is 0 Å². The van der Waals surface area contributed by atoms with E-state index < -0.39 is 0 Å². The van der Waals surface area contributed by atoms with Gasteiger partial charge in [0.2, 0.25) is 0 Å². The fraction of sp³-hybridized carbons (Fsp3) is 0.941. The third-order valence-corrected chi connectivity index (χ3v) is 4.46. The zero-order chi connectivity index (χ0) is 15.5. The van der Waals surface area contributed by atoms with Crippen molar-refractivity contribution in [3.8, 4) is 0 Å². The number of piperidine rings is 1. The number of unbranched alkanes of at least 4 members (excludes halogenated alkanes) is 1. The molecule has 0 saturated carbocycles. The van der Waals surface area contributed by atoms with Crippen molar-refractivity contribution in [2.75, 3.05) is 45.8 Å². The topological polar surface area (TPSA) is 30.9 Å². The Labute approximate surface area is 132 Å². The minimum absolute atomic E-state index is 0.873. The molecule has 0 amide bonds. The molecular weight excluding hydrogens is 260 g/mol. The molecule has 0 bridgehead atoms. The number of nitrogens with zero attached hydrogens (tertiary/aromatic N) is 3. The zero-order valence-corrected chi connectivity index (χ0v) is 14.7. The van der Waals surface area contributed by atoms with E-state index in [2.05, 4.69) is 42.8 Å². The number of hydrogen-bond donors (Lipinski definition) is 1. The van der Waals surface area contributed by atoms with Gasteiger partial charge < -0.3 is 15.1 Å². The molecule has 0 radical (unpaired) electrons. The summed E-state index contributed by atoms with van der Waals surface area (Å²) in [7, 11) is 0. The highest BCUT2D eigenvalue weighted by atomic mass is 15.3. The lowest BCUT2D eigenvalue weighted by atomic mass is 10.00. The largest absolute Gasteiger partial charge is 0.357 e. The van der Waals surface area contributed by atoms with Gasteiger partial charge in [0.05, 0.1) is 0 Å². The second kappa shape index (κ2) is 10.9. The molecule has 0 unspecified atom stereocenters. The number of guanidine groups is 1. The van der Waals surface area contributed by atoms with Crippen LogP contribution in [0, 0.1) is 5.92 Å². The first-order chi connectivity index (χ1) is 10.2. The average Bonchev–Trinajstić information content (AvgIpc) is 2.51. The maximum Gasteiger partial charge on any atom is 0.193 e. The van der Waals surface area contributed by atoms with Gasteiger partial charge in [-0.25, -0.2) is 0 Å². The van der Waals surface area contributed by atoms with Gasteiger partial charge in [-0.05, 0) is 58.2 Å². The molecule has 0 aromatic carbocycles. The van der Waals surface area contributed by atoms with Crippen LogP contribution < -0.4 is 5.32 Å². The normalized spacial score (nSPS) is 17.6. The van der Waals surface area contributed by atoms with Crippen LogP contribution in [0.3, 0.4) is 0 Å². The van der Waals surface area contributed by atoms with Gasteiger partial charge in [-0.3, -0.25) is 4.99 Å². The predicted octanol–water partition coefficient (Wildman–Crippen LogP) is 2.81. The molecule has 124 valence electrons. The Kier molecular flexibility index (Phi) is 9.48. The van der Waals surface area contributed by atoms with Gasteiger partial charge in [0.25, 0.3) is 0 Å². The molecule has 1 saturated heterocycles. The van der Waals surface area contributed by atoms with Crippen molar-refractivity contribution in [3.63, 3.8) is 0 Å². The lowest BCUT2D eigenvalue weighted by Gasteiger charge is -2.33. The smallest absolute Gasteiger partial charge is 0.193 e. The average molecular weight is 297 g/mol. The monoisotopic (exact) mass is 296 g/mol. The first-order valence-electron chi connectivity index (χ1n) is 8.96. The lowest BCUT2D eigenvalue weighted by molar-refractivity contribution is 0.273. The minimum Gasteiger partial charge on any atom is -0.357 e. The van der Waals surface area contributed by atoms with Crippen LogP contribution in [0.15, 0.2) is 4.99 Å². The summed E-state index contributed by atoms with van der Waals surface area (Å²) in [6.45, 7) is 16.8. The maximum atomic E-state index is 4.82. The van der Waals surface area contributed by atoms with Gasteiger partial charge in [0.15, 0.2) is 5.96 Å². The highest BCUT2D eigenvalue weighted by Crippen LogP contribution is 2.15. The molecule has 21 heavy (non-hydrogen) atoms. The molecule has 0 aromatic rings. The molecule has 4 nitrogen and oxygen atoms in total. The SMILES string of the molecule is CCNC(=NCCCCN(CC)CC)N1CCC(C)CC1. The third kappa shape index (κ3) is 7.16. The highest BCUT2D eigenvalue weighted by Gasteiger charge is 2.18. The van der Waals surface area contributed by atoms with Crippen molar-refractivity contribution in [3.05, 3.63) is 0 Å². The Morgan fingerprint density at radius 3 is 2.38 bits per heavy atom. The Bertz CT molecular complexity index is 279. The fourth-order valence-electron chi connectivity index (χ4n) is 2.82. The number of rotatable bonds is 8. The van der Waals surface area contributed by atoms with Crippen molar-refractivity contribution in [2.45, 2.75) is 53.4 Å². The summed E-state index contributed by atoms with van der Waals surface area (Å²) in [5, 5.41) is 3.45. The molecule has 0 atom stereocenters. The molecule has 1 aliphatic rings. The molecule has 4 heteroatoms. The van der Waals surface area contributed by atoms with Crippen LogP contribution in [0.25, 0.3) is 0 Å². The van der Waals surface area contributed by atoms with Crippen LogP contribution in [0.4, 0.5) is 0 Å². The van der Waals surface area contributed by atoms with Gasteiger partial charge in [0, 0.05) is 26.2 Å². The summed E-state index contributed by atoms with van der Waals surface area (Å²) in [4.78, 5) is 9.75. The highest BCUT2D eigenvalue weighted by molar-refractivity contribution is 5.80. The van der Waals surface area contributed by atoms with Gasteiger partial charge in [-0.15, -0.1) is 0 Å². The fourth-order valence-corrected chi connectivity index (χ4v) is 2.82. The molecule has 0 spiro atoms. The van der Waals surface area contributed by atoms with Crippen LogP contribution in [0.2, 0.25) is 0 Å². The summed E-state index contributed by atoms with van der Waals surface area (Å²) in [6, 6.07) is 0. The number of aliphatic imine (C=N–C) groups is 1. The molecule has 0 aromatic heterocycles. The van der Waals surface area contributed by atoms with Gasteiger partial charge in [0.1, 0.15) is 0 Å². The minimum atomic E-state index is 0.873. The van der Waals surface area contributed by atoms with E-state index in [-0.39, 0.29) is 0 Å². The van der Waals surface area contributed by atoms with Crippen LogP contribution in [0.1, 0.15) is 53.4 Å². The van der Waals surface area contributed by atoms with E-state index in [9.17, 15) is 0 Å². The second-order valence-corrected chi connectivity index (χ2v) is 6.14. The van der Waals surface area contributed by atoms with E-state index in [1.54, 1.807) is 0 Å². The van der Waals surface area contributed by atoms with Gasteiger partial charge in [-0.1, -0.05) is 20.8 Å². The van der Waals surface area contributed by atoms with Crippen LogP contribution in [0.5, 0.6) is 0 Å². The number of nitrogens with one attached hydrogen (secondary N) is 1. The standard InChI is InChI=1S/C17H36N4/c1-5-18-17(21-14-10-16(4)11-15-21)19-12-8-9-13-20(6-2)7-3/h16H,5-15H2,1-4H3,(H,18,19). The summed E-state index contributed by atoms with van der Waals surface area (Å²) >= 11 is 0. The maximum absolute atomic E-state index is 4.82. The zero-order valence-electron chi connectivity index (χ0n) is 14.7. The Morgan fingerprint density at radius 2 is 1.81 bits per heavy atom. The van der Waals surface area contributed by atoms with Gasteiger partial charge >= 0.3 is 0 Å². The number of likely N-dealkylation sites (tertiary alicyclic amines) is 1. The Hall–Kier alpha value is -0.770. The second-order valence-electron chi connectivity index (χ2n) is 6.14. The van der Waals surface area contributed by atoms with Crippen molar-refractivity contribution < 1.29 is 0 Å². The molecular formula is C17H36N4. The van der Waals surface area contributed by atoms with Crippen molar-refractivity contribution in [1.29, 1.82) is 0 Å². The van der Waals surface area contributed by atoms with E-state index in [0.717, 1.165) is 51.1 Å². The first kappa shape index (κ1) is 18.3. The van der Waals surface area contributed by atoms with Crippen molar-refractivity contribution in [2.24, 2.45) is 10.9 Å². The van der Waals surface area contributed by atoms with E-state index in [0.29, 0.717) is 0 Å². The molecule has 1 aliphatic heterocycles. The molecule has 1 fully saturated rings. The molecule has 1 heterocycles. The van der Waals surface area contributed by atoms with Crippen molar-refractivity contribution >= 4 is 5.96 Å². The van der Waals surface area contributed by atoms with E-state index in [4.69, 9.17) is 4.99 Å². The summed E-state index contributed by atoms with van der Waals surface area (Å²) in [5.74, 6) is 2.01. The van der Waals surface area contributed by atoms with Crippen LogP contribution in [-0.2, 0) is 0 Å². The van der Waals surface area contributed by atoms with E-state index in [1.165, 1.54) is 32.2 Å².